The summed E-state index contributed by atoms with van der Waals surface area (Å²) in [7, 11) is 0. The highest BCUT2D eigenvalue weighted by atomic mass is 32.2. The number of carbonyl (C=O) groups is 1. The molecule has 2 heterocycles. The molecule has 1 aromatic heterocycles. The molecule has 0 N–H and O–H groups in total. The zero-order valence-corrected chi connectivity index (χ0v) is 18.4. The molecule has 0 radical (unpaired) electrons. The lowest BCUT2D eigenvalue weighted by molar-refractivity contribution is 0.0626. The van der Waals surface area contributed by atoms with E-state index in [1.807, 2.05) is 48.4 Å². The fourth-order valence-corrected chi connectivity index (χ4v) is 4.82. The second kappa shape index (κ2) is 9.11. The predicted molar refractivity (Wildman–Crippen MR) is 122 cm³/mol. The number of piperazine rings is 1. The molecule has 3 aromatic rings. The normalized spacial score (nSPS) is 14.9. The topological polar surface area (TPSA) is 36.4 Å². The highest BCUT2D eigenvalue weighted by molar-refractivity contribution is 7.98. The Morgan fingerprint density at radius 2 is 1.86 bits per heavy atom. The first-order valence-corrected chi connectivity index (χ1v) is 11.9. The summed E-state index contributed by atoms with van der Waals surface area (Å²) in [5.74, 6) is 0.151. The van der Waals surface area contributed by atoms with Gasteiger partial charge in [0.15, 0.2) is 0 Å². The number of carbonyl (C=O) groups excluding carboxylic acids is 1. The van der Waals surface area contributed by atoms with E-state index in [4.69, 9.17) is 4.98 Å². The number of hydrogen-bond donors (Lipinski definition) is 0. The molecule has 4 rings (SSSR count). The first-order chi connectivity index (χ1) is 14.1. The Kier molecular flexibility index (Phi) is 6.33. The van der Waals surface area contributed by atoms with E-state index in [0.717, 1.165) is 59.4 Å². The van der Waals surface area contributed by atoms with Crippen LogP contribution in [0.2, 0.25) is 0 Å². The molecule has 0 atom stereocenters. The Balaban J connectivity index is 1.35. The second-order valence-corrected chi connectivity index (χ2v) is 9.00. The number of hydrogen-bond acceptors (Lipinski definition) is 5. The zero-order chi connectivity index (χ0) is 20.2. The summed E-state index contributed by atoms with van der Waals surface area (Å²) in [6.45, 7) is 6.14. The molecule has 0 spiro atoms. The summed E-state index contributed by atoms with van der Waals surface area (Å²) in [4.78, 5) is 23.3. The summed E-state index contributed by atoms with van der Waals surface area (Å²) >= 11 is 3.37. The van der Waals surface area contributed by atoms with Gasteiger partial charge in [0.1, 0.15) is 5.01 Å². The molecule has 2 aromatic carbocycles. The average Bonchev–Trinajstić information content (AvgIpc) is 3.23. The monoisotopic (exact) mass is 423 g/mol. The van der Waals surface area contributed by atoms with Crippen molar-refractivity contribution in [3.05, 3.63) is 70.7 Å². The quantitative estimate of drug-likeness (QED) is 0.553. The molecule has 1 aliphatic heterocycles. The van der Waals surface area contributed by atoms with E-state index in [9.17, 15) is 4.79 Å². The van der Waals surface area contributed by atoms with Crippen molar-refractivity contribution in [1.82, 2.24) is 14.8 Å². The van der Waals surface area contributed by atoms with Crippen LogP contribution in [0.5, 0.6) is 0 Å². The number of amides is 1. The van der Waals surface area contributed by atoms with Gasteiger partial charge in [-0.05, 0) is 30.9 Å². The van der Waals surface area contributed by atoms with Crippen LogP contribution in [-0.4, -0.2) is 53.1 Å². The zero-order valence-electron chi connectivity index (χ0n) is 16.8. The number of rotatable bonds is 5. The molecule has 1 saturated heterocycles. The highest BCUT2D eigenvalue weighted by Gasteiger charge is 2.24. The third kappa shape index (κ3) is 4.71. The number of aromatic nitrogens is 1. The van der Waals surface area contributed by atoms with Gasteiger partial charge in [-0.3, -0.25) is 9.69 Å². The van der Waals surface area contributed by atoms with Crippen molar-refractivity contribution in [2.75, 3.05) is 32.4 Å². The lowest BCUT2D eigenvalue weighted by atomic mass is 10.1. The molecule has 6 heteroatoms. The Hall–Kier alpha value is -2.15. The smallest absolute Gasteiger partial charge is 0.254 e. The first kappa shape index (κ1) is 20.1. The maximum absolute atomic E-state index is 13.0. The fraction of sp³-hybridized carbons (Fsp3) is 0.304. The Morgan fingerprint density at radius 1 is 1.10 bits per heavy atom. The van der Waals surface area contributed by atoms with E-state index < -0.39 is 0 Å². The standard InChI is InChI=1S/C23H25N3OS2/c1-17-8-9-20(28-2)14-21(17)23(27)26-12-10-25(11-13-26)15-19-16-29-22(24-19)18-6-4-3-5-7-18/h3-9,14,16H,10-13,15H2,1-2H3. The van der Waals surface area contributed by atoms with Gasteiger partial charge in [-0.15, -0.1) is 23.1 Å². The van der Waals surface area contributed by atoms with Gasteiger partial charge in [0.2, 0.25) is 0 Å². The van der Waals surface area contributed by atoms with Crippen LogP contribution >= 0.6 is 23.1 Å². The molecule has 4 nitrogen and oxygen atoms in total. The van der Waals surface area contributed by atoms with E-state index in [1.165, 1.54) is 5.56 Å². The van der Waals surface area contributed by atoms with Gasteiger partial charge in [0.25, 0.3) is 5.91 Å². The minimum Gasteiger partial charge on any atom is -0.336 e. The van der Waals surface area contributed by atoms with Crippen molar-refractivity contribution in [2.24, 2.45) is 0 Å². The van der Waals surface area contributed by atoms with Gasteiger partial charge < -0.3 is 4.90 Å². The van der Waals surface area contributed by atoms with Crippen LogP contribution in [0, 0.1) is 6.92 Å². The number of thiazole rings is 1. The second-order valence-electron chi connectivity index (χ2n) is 7.26. The highest BCUT2D eigenvalue weighted by Crippen LogP contribution is 2.24. The molecular formula is C23H25N3OS2. The molecule has 1 fully saturated rings. The van der Waals surface area contributed by atoms with Gasteiger partial charge in [0.05, 0.1) is 5.69 Å². The van der Waals surface area contributed by atoms with Crippen molar-refractivity contribution in [3.63, 3.8) is 0 Å². The van der Waals surface area contributed by atoms with Crippen LogP contribution in [0.1, 0.15) is 21.6 Å². The summed E-state index contributed by atoms with van der Waals surface area (Å²) in [6, 6.07) is 16.5. The van der Waals surface area contributed by atoms with Gasteiger partial charge in [-0.25, -0.2) is 4.98 Å². The van der Waals surface area contributed by atoms with Gasteiger partial charge >= 0.3 is 0 Å². The minimum absolute atomic E-state index is 0.151. The van der Waals surface area contributed by atoms with E-state index in [1.54, 1.807) is 23.1 Å². The summed E-state index contributed by atoms with van der Waals surface area (Å²) in [5.41, 5.74) is 4.16. The predicted octanol–water partition coefficient (Wildman–Crippen LogP) is 4.80. The van der Waals surface area contributed by atoms with Crippen LogP contribution < -0.4 is 0 Å². The average molecular weight is 424 g/mol. The molecule has 0 bridgehead atoms. The molecule has 150 valence electrons. The van der Waals surface area contributed by atoms with Gasteiger partial charge in [-0.2, -0.15) is 0 Å². The molecule has 0 saturated carbocycles. The van der Waals surface area contributed by atoms with Crippen LogP contribution in [0.15, 0.2) is 58.8 Å². The van der Waals surface area contributed by atoms with Gasteiger partial charge in [0, 0.05) is 54.1 Å². The fourth-order valence-electron chi connectivity index (χ4n) is 3.56. The van der Waals surface area contributed by atoms with Crippen LogP contribution in [0.4, 0.5) is 0 Å². The lowest BCUT2D eigenvalue weighted by Gasteiger charge is -2.34. The van der Waals surface area contributed by atoms with Crippen molar-refractivity contribution in [1.29, 1.82) is 0 Å². The van der Waals surface area contributed by atoms with Crippen molar-refractivity contribution in [3.8, 4) is 10.6 Å². The first-order valence-electron chi connectivity index (χ1n) is 9.80. The molecular weight excluding hydrogens is 398 g/mol. The summed E-state index contributed by atoms with van der Waals surface area (Å²) in [5, 5.41) is 3.22. The number of nitrogens with zero attached hydrogens (tertiary/aromatic N) is 3. The van der Waals surface area contributed by atoms with Gasteiger partial charge in [-0.1, -0.05) is 36.4 Å². The van der Waals surface area contributed by atoms with E-state index in [0.29, 0.717) is 0 Å². The van der Waals surface area contributed by atoms with Crippen LogP contribution in [0.25, 0.3) is 10.6 Å². The third-order valence-corrected chi connectivity index (χ3v) is 6.96. The Bertz CT molecular complexity index is 979. The van der Waals surface area contributed by atoms with Crippen LogP contribution in [-0.2, 0) is 6.54 Å². The maximum atomic E-state index is 13.0. The van der Waals surface area contributed by atoms with E-state index in [2.05, 4.69) is 28.5 Å². The number of aryl methyl sites for hydroxylation is 1. The van der Waals surface area contributed by atoms with E-state index in [-0.39, 0.29) is 5.91 Å². The minimum atomic E-state index is 0.151. The SMILES string of the molecule is CSc1ccc(C)c(C(=O)N2CCN(Cc3csc(-c4ccccc4)n3)CC2)c1. The summed E-state index contributed by atoms with van der Waals surface area (Å²) < 4.78 is 0. The Morgan fingerprint density at radius 3 is 2.59 bits per heavy atom. The molecule has 0 unspecified atom stereocenters. The van der Waals surface area contributed by atoms with Crippen molar-refractivity contribution < 1.29 is 4.79 Å². The largest absolute Gasteiger partial charge is 0.336 e. The van der Waals surface area contributed by atoms with Crippen molar-refractivity contribution >= 4 is 29.0 Å². The Labute approximate surface area is 180 Å². The number of benzene rings is 2. The number of thioether (sulfide) groups is 1. The molecule has 1 amide bonds. The molecule has 0 aliphatic carbocycles. The molecule has 1 aliphatic rings. The van der Waals surface area contributed by atoms with Crippen LogP contribution in [0.3, 0.4) is 0 Å². The lowest BCUT2D eigenvalue weighted by Crippen LogP contribution is -2.48. The maximum Gasteiger partial charge on any atom is 0.254 e. The third-order valence-electron chi connectivity index (χ3n) is 5.29. The van der Waals surface area contributed by atoms with Crippen molar-refractivity contribution in [2.45, 2.75) is 18.4 Å². The van der Waals surface area contributed by atoms with E-state index >= 15 is 0 Å². The molecule has 29 heavy (non-hydrogen) atoms. The summed E-state index contributed by atoms with van der Waals surface area (Å²) in [6.07, 6.45) is 2.04.